The molecule has 0 aromatic carbocycles. The number of furan rings is 1. The molecule has 4 heteroatoms. The van der Waals surface area contributed by atoms with Gasteiger partial charge >= 0.3 is 0 Å². The molecule has 0 fully saturated rings. The van der Waals surface area contributed by atoms with Gasteiger partial charge < -0.3 is 9.73 Å². The minimum absolute atomic E-state index is 0.0959. The SMILES string of the molecule is O=[C]CNC(=O)/C=C/c1ccco1. The second-order valence-electron chi connectivity index (χ2n) is 2.21. The standard InChI is InChI=1S/C9H8NO3/c11-6-5-10-9(12)4-3-8-2-1-7-13-8/h1-4,7H,5H2,(H,10,12)/b4-3+. The lowest BCUT2D eigenvalue weighted by Crippen LogP contribution is -2.22. The lowest BCUT2D eigenvalue weighted by atomic mass is 10.4. The van der Waals surface area contributed by atoms with Gasteiger partial charge in [0.2, 0.25) is 12.2 Å². The minimum atomic E-state index is -0.347. The zero-order valence-corrected chi connectivity index (χ0v) is 6.82. The third-order valence-electron chi connectivity index (χ3n) is 1.28. The average Bonchev–Trinajstić information content (AvgIpc) is 2.64. The van der Waals surface area contributed by atoms with Gasteiger partial charge in [-0.25, -0.2) is 0 Å². The van der Waals surface area contributed by atoms with E-state index in [2.05, 4.69) is 5.32 Å². The monoisotopic (exact) mass is 178 g/mol. The van der Waals surface area contributed by atoms with Gasteiger partial charge in [-0.05, 0) is 18.2 Å². The van der Waals surface area contributed by atoms with E-state index in [0.29, 0.717) is 5.76 Å². The third kappa shape index (κ3) is 3.37. The van der Waals surface area contributed by atoms with Crippen LogP contribution < -0.4 is 5.32 Å². The van der Waals surface area contributed by atoms with E-state index in [9.17, 15) is 9.59 Å². The molecule has 0 aliphatic rings. The lowest BCUT2D eigenvalue weighted by Gasteiger charge is -1.91. The maximum atomic E-state index is 10.9. The highest BCUT2D eigenvalue weighted by Gasteiger charge is 1.93. The first-order valence-electron chi connectivity index (χ1n) is 3.67. The first-order valence-corrected chi connectivity index (χ1v) is 3.67. The number of carbonyl (C=O) groups is 1. The van der Waals surface area contributed by atoms with Gasteiger partial charge in [0.05, 0.1) is 12.8 Å². The van der Waals surface area contributed by atoms with E-state index in [4.69, 9.17) is 4.42 Å². The van der Waals surface area contributed by atoms with Crippen molar-refractivity contribution < 1.29 is 14.0 Å². The Balaban J connectivity index is 2.39. The smallest absolute Gasteiger partial charge is 0.244 e. The van der Waals surface area contributed by atoms with E-state index >= 15 is 0 Å². The molecule has 13 heavy (non-hydrogen) atoms. The van der Waals surface area contributed by atoms with Crippen LogP contribution in [0.5, 0.6) is 0 Å². The molecular formula is C9H8NO3. The van der Waals surface area contributed by atoms with E-state index in [1.807, 2.05) is 0 Å². The molecule has 0 spiro atoms. The highest BCUT2D eigenvalue weighted by molar-refractivity contribution is 5.92. The Bertz CT molecular complexity index is 301. The van der Waals surface area contributed by atoms with E-state index < -0.39 is 0 Å². The number of hydrogen-bond donors (Lipinski definition) is 1. The third-order valence-corrected chi connectivity index (χ3v) is 1.28. The fourth-order valence-corrected chi connectivity index (χ4v) is 0.726. The molecule has 1 N–H and O–H groups in total. The summed E-state index contributed by atoms with van der Waals surface area (Å²) in [7, 11) is 0. The maximum absolute atomic E-state index is 10.9. The molecule has 1 aromatic heterocycles. The van der Waals surface area contributed by atoms with Crippen molar-refractivity contribution in [3.05, 3.63) is 30.2 Å². The molecule has 0 atom stereocenters. The van der Waals surface area contributed by atoms with Crippen LogP contribution in [-0.4, -0.2) is 18.7 Å². The van der Waals surface area contributed by atoms with Gasteiger partial charge in [0, 0.05) is 6.08 Å². The van der Waals surface area contributed by atoms with Crippen molar-refractivity contribution in [2.24, 2.45) is 0 Å². The zero-order chi connectivity index (χ0) is 9.52. The fourth-order valence-electron chi connectivity index (χ4n) is 0.726. The lowest BCUT2D eigenvalue weighted by molar-refractivity contribution is -0.116. The van der Waals surface area contributed by atoms with Crippen molar-refractivity contribution in [2.75, 3.05) is 6.54 Å². The second kappa shape index (κ2) is 4.92. The molecule has 1 aromatic rings. The molecule has 4 nitrogen and oxygen atoms in total. The first-order chi connectivity index (χ1) is 6.33. The fraction of sp³-hybridized carbons (Fsp3) is 0.111. The van der Waals surface area contributed by atoms with Gasteiger partial charge in [0.1, 0.15) is 5.76 Å². The Hall–Kier alpha value is -1.84. The van der Waals surface area contributed by atoms with Crippen molar-refractivity contribution >= 4 is 18.3 Å². The van der Waals surface area contributed by atoms with Gasteiger partial charge in [0.15, 0.2) is 0 Å². The summed E-state index contributed by atoms with van der Waals surface area (Å²) in [4.78, 5) is 20.6. The molecule has 1 heterocycles. The van der Waals surface area contributed by atoms with Crippen LogP contribution in [0.4, 0.5) is 0 Å². The van der Waals surface area contributed by atoms with Gasteiger partial charge in [0.25, 0.3) is 0 Å². The molecule has 0 bridgehead atoms. The summed E-state index contributed by atoms with van der Waals surface area (Å²) in [6.45, 7) is -0.0959. The highest BCUT2D eigenvalue weighted by atomic mass is 16.3. The van der Waals surface area contributed by atoms with Crippen molar-refractivity contribution in [3.63, 3.8) is 0 Å². The van der Waals surface area contributed by atoms with E-state index in [1.165, 1.54) is 18.4 Å². The predicted octanol–water partition coefficient (Wildman–Crippen LogP) is 0.519. The Morgan fingerprint density at radius 3 is 3.15 bits per heavy atom. The van der Waals surface area contributed by atoms with E-state index in [-0.39, 0.29) is 12.5 Å². The Morgan fingerprint density at radius 1 is 1.69 bits per heavy atom. The van der Waals surface area contributed by atoms with Crippen molar-refractivity contribution in [1.29, 1.82) is 0 Å². The molecule has 1 radical (unpaired) electrons. The molecule has 0 saturated heterocycles. The number of amides is 1. The predicted molar refractivity (Wildman–Crippen MR) is 46.4 cm³/mol. The van der Waals surface area contributed by atoms with Crippen LogP contribution >= 0.6 is 0 Å². The van der Waals surface area contributed by atoms with E-state index in [1.54, 1.807) is 18.4 Å². The number of hydrogen-bond acceptors (Lipinski definition) is 3. The largest absolute Gasteiger partial charge is 0.465 e. The number of nitrogens with one attached hydrogen (secondary N) is 1. The summed E-state index contributed by atoms with van der Waals surface area (Å²) >= 11 is 0. The minimum Gasteiger partial charge on any atom is -0.465 e. The average molecular weight is 178 g/mol. The van der Waals surface area contributed by atoms with Crippen LogP contribution in [0.1, 0.15) is 5.76 Å². The van der Waals surface area contributed by atoms with Crippen LogP contribution in [0.15, 0.2) is 28.9 Å². The van der Waals surface area contributed by atoms with Crippen LogP contribution in [0.2, 0.25) is 0 Å². The Labute approximate surface area is 75.2 Å². The summed E-state index contributed by atoms with van der Waals surface area (Å²) in [6, 6.07) is 3.44. The number of rotatable bonds is 4. The normalized spacial score (nSPS) is 10.2. The van der Waals surface area contributed by atoms with Gasteiger partial charge in [-0.3, -0.25) is 9.59 Å². The molecule has 1 amide bonds. The first kappa shape index (κ1) is 9.25. The van der Waals surface area contributed by atoms with Gasteiger partial charge in [-0.15, -0.1) is 0 Å². The summed E-state index contributed by atoms with van der Waals surface area (Å²) in [5, 5.41) is 2.30. The molecule has 0 aliphatic carbocycles. The molecule has 0 unspecified atom stereocenters. The molecule has 0 saturated carbocycles. The summed E-state index contributed by atoms with van der Waals surface area (Å²) < 4.78 is 4.94. The van der Waals surface area contributed by atoms with Crippen molar-refractivity contribution in [2.45, 2.75) is 0 Å². The van der Waals surface area contributed by atoms with E-state index in [0.717, 1.165) is 0 Å². The number of carbonyl (C=O) groups excluding carboxylic acids is 2. The Morgan fingerprint density at radius 2 is 2.54 bits per heavy atom. The molecule has 1 rings (SSSR count). The summed E-state index contributed by atoms with van der Waals surface area (Å²) in [5.41, 5.74) is 0. The van der Waals surface area contributed by atoms with Crippen LogP contribution in [0, 0.1) is 0 Å². The molecule has 0 aliphatic heterocycles. The maximum Gasteiger partial charge on any atom is 0.244 e. The van der Waals surface area contributed by atoms with Crippen LogP contribution in [0.25, 0.3) is 6.08 Å². The Kier molecular flexibility index (Phi) is 3.50. The topological polar surface area (TPSA) is 59.3 Å². The second-order valence-corrected chi connectivity index (χ2v) is 2.21. The van der Waals surface area contributed by atoms with Crippen molar-refractivity contribution in [3.8, 4) is 0 Å². The van der Waals surface area contributed by atoms with Crippen LogP contribution in [-0.2, 0) is 9.59 Å². The quantitative estimate of drug-likeness (QED) is 0.683. The molecule has 67 valence electrons. The van der Waals surface area contributed by atoms with Crippen LogP contribution in [0.3, 0.4) is 0 Å². The van der Waals surface area contributed by atoms with Gasteiger partial charge in [-0.1, -0.05) is 0 Å². The zero-order valence-electron chi connectivity index (χ0n) is 6.82. The summed E-state index contributed by atoms with van der Waals surface area (Å²) in [6.07, 6.45) is 5.87. The van der Waals surface area contributed by atoms with Crippen molar-refractivity contribution in [1.82, 2.24) is 5.32 Å². The molecular weight excluding hydrogens is 170 g/mol. The summed E-state index contributed by atoms with van der Waals surface area (Å²) in [5.74, 6) is 0.241. The van der Waals surface area contributed by atoms with Gasteiger partial charge in [-0.2, -0.15) is 0 Å². The highest BCUT2D eigenvalue weighted by Crippen LogP contribution is 2.01.